The summed E-state index contributed by atoms with van der Waals surface area (Å²) in [4.78, 5) is 30.1. The normalized spacial score (nSPS) is 12.7. The Morgan fingerprint density at radius 1 is 0.870 bits per heavy atom. The van der Waals surface area contributed by atoms with Crippen LogP contribution in [0.2, 0.25) is 10.0 Å². The van der Waals surface area contributed by atoms with Gasteiger partial charge in [0.15, 0.2) is 0 Å². The van der Waals surface area contributed by atoms with Crippen molar-refractivity contribution < 1.29 is 18.0 Å². The van der Waals surface area contributed by atoms with Gasteiger partial charge in [-0.25, -0.2) is 8.42 Å². The molecule has 46 heavy (non-hydrogen) atoms. The summed E-state index contributed by atoms with van der Waals surface area (Å²) in [7, 11) is -4.19. The summed E-state index contributed by atoms with van der Waals surface area (Å²) in [5.41, 5.74) is 3.31. The van der Waals surface area contributed by atoms with E-state index < -0.39 is 28.5 Å². The minimum absolute atomic E-state index is 0.0475. The molecule has 0 saturated carbocycles. The fourth-order valence-corrected chi connectivity index (χ4v) is 7.01. The van der Waals surface area contributed by atoms with Gasteiger partial charge in [0.2, 0.25) is 11.8 Å². The van der Waals surface area contributed by atoms with Crippen LogP contribution in [0.5, 0.6) is 0 Å². The SMILES string of the molecule is CC[C@H](C)NC(=O)[C@H](Cc1ccccc1)N(Cc1ccc(Cl)cc1Cl)C(=O)CN(c1cc(C)ccc1C)S(=O)(=O)c1ccccc1. The lowest BCUT2D eigenvalue weighted by Crippen LogP contribution is -2.54. The summed E-state index contributed by atoms with van der Waals surface area (Å²) in [6.07, 6.45) is 0.894. The zero-order valence-electron chi connectivity index (χ0n) is 26.4. The second-order valence-corrected chi connectivity index (χ2v) is 14.1. The topological polar surface area (TPSA) is 86.8 Å². The predicted molar refractivity (Wildman–Crippen MR) is 186 cm³/mol. The zero-order valence-corrected chi connectivity index (χ0v) is 28.7. The number of anilines is 1. The molecule has 0 aliphatic heterocycles. The van der Waals surface area contributed by atoms with Crippen molar-refractivity contribution >= 4 is 50.7 Å². The van der Waals surface area contributed by atoms with Crippen LogP contribution in [0.15, 0.2) is 102 Å². The van der Waals surface area contributed by atoms with E-state index >= 15 is 0 Å². The quantitative estimate of drug-likeness (QED) is 0.160. The molecular weight excluding hydrogens is 641 g/mol. The number of benzene rings is 4. The second kappa shape index (κ2) is 15.6. The van der Waals surface area contributed by atoms with Crippen LogP contribution in [0.3, 0.4) is 0 Å². The highest BCUT2D eigenvalue weighted by Crippen LogP contribution is 2.29. The minimum atomic E-state index is -4.19. The molecule has 0 aliphatic carbocycles. The lowest BCUT2D eigenvalue weighted by molar-refractivity contribution is -0.140. The average molecular weight is 681 g/mol. The first-order chi connectivity index (χ1) is 21.9. The highest BCUT2D eigenvalue weighted by atomic mass is 35.5. The molecule has 0 aliphatic rings. The van der Waals surface area contributed by atoms with Crippen LogP contribution in [0.25, 0.3) is 0 Å². The minimum Gasteiger partial charge on any atom is -0.352 e. The van der Waals surface area contributed by atoms with Gasteiger partial charge in [0.05, 0.1) is 10.6 Å². The Morgan fingerprint density at radius 2 is 1.52 bits per heavy atom. The van der Waals surface area contributed by atoms with E-state index in [9.17, 15) is 18.0 Å². The van der Waals surface area contributed by atoms with Crippen molar-refractivity contribution in [2.45, 2.75) is 64.1 Å². The summed E-state index contributed by atoms with van der Waals surface area (Å²) in [6, 6.07) is 26.7. The highest BCUT2D eigenvalue weighted by molar-refractivity contribution is 7.92. The fraction of sp³-hybridized carbons (Fsp3) is 0.278. The molecule has 242 valence electrons. The van der Waals surface area contributed by atoms with E-state index in [0.29, 0.717) is 33.3 Å². The Balaban J connectivity index is 1.85. The third-order valence-corrected chi connectivity index (χ3v) is 10.2. The number of carbonyl (C=O) groups excluding carboxylic acids is 2. The van der Waals surface area contributed by atoms with Gasteiger partial charge >= 0.3 is 0 Å². The number of carbonyl (C=O) groups is 2. The van der Waals surface area contributed by atoms with E-state index in [-0.39, 0.29) is 29.8 Å². The van der Waals surface area contributed by atoms with Crippen molar-refractivity contribution in [3.8, 4) is 0 Å². The number of hydrogen-bond donors (Lipinski definition) is 1. The second-order valence-electron chi connectivity index (χ2n) is 11.4. The van der Waals surface area contributed by atoms with Crippen LogP contribution in [0.1, 0.15) is 42.5 Å². The maximum absolute atomic E-state index is 14.6. The summed E-state index contributed by atoms with van der Waals surface area (Å²) in [5, 5.41) is 3.79. The van der Waals surface area contributed by atoms with E-state index in [1.807, 2.05) is 63.2 Å². The van der Waals surface area contributed by atoms with Gasteiger partial charge in [0.25, 0.3) is 10.0 Å². The monoisotopic (exact) mass is 679 g/mol. The molecule has 0 unspecified atom stereocenters. The number of amides is 2. The van der Waals surface area contributed by atoms with Crippen LogP contribution in [-0.4, -0.2) is 43.8 Å². The number of hydrogen-bond acceptors (Lipinski definition) is 4. The molecule has 7 nitrogen and oxygen atoms in total. The van der Waals surface area contributed by atoms with E-state index in [0.717, 1.165) is 15.4 Å². The maximum Gasteiger partial charge on any atom is 0.264 e. The molecule has 4 aromatic carbocycles. The molecule has 0 aromatic heterocycles. The molecular formula is C36H39Cl2N3O4S. The Hall–Kier alpha value is -3.85. The molecule has 4 aromatic rings. The third kappa shape index (κ3) is 8.69. The molecule has 0 spiro atoms. The van der Waals surface area contributed by atoms with Crippen molar-refractivity contribution in [2.24, 2.45) is 0 Å². The van der Waals surface area contributed by atoms with Gasteiger partial charge in [-0.15, -0.1) is 0 Å². The third-order valence-electron chi connectivity index (χ3n) is 7.87. The Bertz CT molecular complexity index is 1770. The first kappa shape index (κ1) is 35.0. The maximum atomic E-state index is 14.6. The van der Waals surface area contributed by atoms with Crippen LogP contribution < -0.4 is 9.62 Å². The van der Waals surface area contributed by atoms with Crippen LogP contribution >= 0.6 is 23.2 Å². The van der Waals surface area contributed by atoms with E-state index in [4.69, 9.17) is 23.2 Å². The molecule has 4 rings (SSSR count). The molecule has 0 radical (unpaired) electrons. The van der Waals surface area contributed by atoms with Crippen LogP contribution in [0, 0.1) is 13.8 Å². The number of nitrogens with one attached hydrogen (secondary N) is 1. The molecule has 1 N–H and O–H groups in total. The zero-order chi connectivity index (χ0) is 33.4. The van der Waals surface area contributed by atoms with Crippen LogP contribution in [0.4, 0.5) is 5.69 Å². The van der Waals surface area contributed by atoms with Crippen molar-refractivity contribution in [2.75, 3.05) is 10.8 Å². The molecule has 10 heteroatoms. The molecule has 0 bridgehead atoms. The van der Waals surface area contributed by atoms with Crippen molar-refractivity contribution in [1.29, 1.82) is 0 Å². The lowest BCUT2D eigenvalue weighted by atomic mass is 10.0. The number of rotatable bonds is 13. The Morgan fingerprint density at radius 3 is 2.15 bits per heavy atom. The number of sulfonamides is 1. The number of aryl methyl sites for hydroxylation is 2. The van der Waals surface area contributed by atoms with E-state index in [1.54, 1.807) is 49.4 Å². The smallest absolute Gasteiger partial charge is 0.264 e. The van der Waals surface area contributed by atoms with Crippen LogP contribution in [-0.2, 0) is 32.6 Å². The fourth-order valence-electron chi connectivity index (χ4n) is 5.05. The molecule has 2 amide bonds. The standard InChI is InChI=1S/C36H39Cl2N3O4S/c1-5-27(4)39-36(43)34(21-28-12-8-6-9-13-28)40(23-29-18-19-30(37)22-32(29)38)35(42)24-41(33-20-25(2)16-17-26(33)3)46(44,45)31-14-10-7-11-15-31/h6-20,22,27,34H,5,21,23-24H2,1-4H3,(H,39,43)/t27-,34-/m0/s1. The van der Waals surface area contributed by atoms with Crippen molar-refractivity contribution in [3.63, 3.8) is 0 Å². The van der Waals surface area contributed by atoms with E-state index in [2.05, 4.69) is 5.32 Å². The van der Waals surface area contributed by atoms with Gasteiger partial charge in [-0.3, -0.25) is 13.9 Å². The Kier molecular flexibility index (Phi) is 11.9. The molecule has 2 atom stereocenters. The van der Waals surface area contributed by atoms with Gasteiger partial charge in [-0.1, -0.05) is 96.9 Å². The summed E-state index contributed by atoms with van der Waals surface area (Å²) >= 11 is 12.8. The number of halogens is 2. The lowest BCUT2D eigenvalue weighted by Gasteiger charge is -2.35. The summed E-state index contributed by atoms with van der Waals surface area (Å²) in [5.74, 6) is -0.910. The van der Waals surface area contributed by atoms with E-state index in [1.165, 1.54) is 17.0 Å². The van der Waals surface area contributed by atoms with Gasteiger partial charge in [0, 0.05) is 29.1 Å². The molecule has 0 saturated heterocycles. The first-order valence-electron chi connectivity index (χ1n) is 15.1. The van der Waals surface area contributed by atoms with Gasteiger partial charge in [-0.2, -0.15) is 0 Å². The van der Waals surface area contributed by atoms with Gasteiger partial charge < -0.3 is 10.2 Å². The Labute approximate surface area is 282 Å². The summed E-state index contributed by atoms with van der Waals surface area (Å²) < 4.78 is 29.6. The number of nitrogens with zero attached hydrogens (tertiary/aromatic N) is 2. The molecule has 0 heterocycles. The predicted octanol–water partition coefficient (Wildman–Crippen LogP) is 7.36. The van der Waals surface area contributed by atoms with Gasteiger partial charge in [-0.05, 0) is 79.8 Å². The largest absolute Gasteiger partial charge is 0.352 e. The first-order valence-corrected chi connectivity index (χ1v) is 17.3. The van der Waals surface area contributed by atoms with Gasteiger partial charge in [0.1, 0.15) is 12.6 Å². The summed E-state index contributed by atoms with van der Waals surface area (Å²) in [6.45, 7) is 6.93. The highest BCUT2D eigenvalue weighted by Gasteiger charge is 2.35. The van der Waals surface area contributed by atoms with Crippen molar-refractivity contribution in [1.82, 2.24) is 10.2 Å². The average Bonchev–Trinajstić information content (AvgIpc) is 3.04. The molecule has 0 fully saturated rings. The van der Waals surface area contributed by atoms with Crippen molar-refractivity contribution in [3.05, 3.63) is 129 Å².